The van der Waals surface area contributed by atoms with E-state index in [9.17, 15) is 23.5 Å². The second-order valence-electron chi connectivity index (χ2n) is 10.8. The lowest BCUT2D eigenvalue weighted by atomic mass is 9.52. The normalized spacial score (nSPS) is 34.1. The number of rotatable bonds is 4. The number of aliphatic hydroxyl groups is 1. The molecule has 5 aliphatic rings. The minimum absolute atomic E-state index is 0.00483. The van der Waals surface area contributed by atoms with Gasteiger partial charge in [0.2, 0.25) is 0 Å². The molecule has 1 saturated heterocycles. The highest BCUT2D eigenvalue weighted by Crippen LogP contribution is 2.57. The maximum absolute atomic E-state index is 12.8. The van der Waals surface area contributed by atoms with E-state index < -0.39 is 17.3 Å². The average molecular weight is 476 g/mol. The van der Waals surface area contributed by atoms with Gasteiger partial charge >= 0.3 is 6.18 Å². The molecule has 0 amide bonds. The van der Waals surface area contributed by atoms with Gasteiger partial charge in [0, 0.05) is 31.9 Å². The van der Waals surface area contributed by atoms with Crippen LogP contribution in [0.1, 0.15) is 44.6 Å². The van der Waals surface area contributed by atoms with Crippen molar-refractivity contribution in [2.24, 2.45) is 17.8 Å². The van der Waals surface area contributed by atoms with Crippen molar-refractivity contribution in [3.8, 4) is 6.19 Å². The number of piperazine rings is 1. The van der Waals surface area contributed by atoms with E-state index in [0.29, 0.717) is 37.9 Å². The van der Waals surface area contributed by atoms with E-state index in [-0.39, 0.29) is 23.9 Å². The predicted octanol–water partition coefficient (Wildman–Crippen LogP) is 3.92. The SMILES string of the molecule is CC(C(=N)N(C#N)C1C2CC3CC1CC(O)(C3)C2)N1CCN(c2ccc(C(F)(F)F)cc2)CC1. The first-order valence-corrected chi connectivity index (χ1v) is 12.2. The Hall–Kier alpha value is -2.31. The van der Waals surface area contributed by atoms with Crippen LogP contribution in [0.5, 0.6) is 0 Å². The fourth-order valence-electron chi connectivity index (χ4n) is 7.26. The number of benzene rings is 1. The molecular formula is C25H32F3N5O. The quantitative estimate of drug-likeness (QED) is 0.299. The van der Waals surface area contributed by atoms with E-state index in [2.05, 4.69) is 16.0 Å². The van der Waals surface area contributed by atoms with Crippen LogP contribution in [0.25, 0.3) is 0 Å². The van der Waals surface area contributed by atoms with Crippen LogP contribution in [0.2, 0.25) is 0 Å². The van der Waals surface area contributed by atoms with Gasteiger partial charge in [-0.15, -0.1) is 0 Å². The first-order chi connectivity index (χ1) is 16.1. The Kier molecular flexibility index (Phi) is 5.80. The number of anilines is 1. The molecule has 6 nitrogen and oxygen atoms in total. The van der Waals surface area contributed by atoms with Gasteiger partial charge in [-0.2, -0.15) is 18.4 Å². The molecule has 9 heteroatoms. The molecule has 1 heterocycles. The van der Waals surface area contributed by atoms with Gasteiger partial charge in [-0.3, -0.25) is 15.2 Å². The van der Waals surface area contributed by atoms with Gasteiger partial charge in [-0.25, -0.2) is 0 Å². The summed E-state index contributed by atoms with van der Waals surface area (Å²) >= 11 is 0. The summed E-state index contributed by atoms with van der Waals surface area (Å²) < 4.78 is 38.5. The first-order valence-electron chi connectivity index (χ1n) is 12.2. The molecular weight excluding hydrogens is 443 g/mol. The second-order valence-corrected chi connectivity index (χ2v) is 10.8. The van der Waals surface area contributed by atoms with E-state index >= 15 is 0 Å². The summed E-state index contributed by atoms with van der Waals surface area (Å²) in [6.07, 6.45) is 2.40. The van der Waals surface area contributed by atoms with Crippen molar-refractivity contribution in [2.75, 3.05) is 31.1 Å². The highest BCUT2D eigenvalue weighted by molar-refractivity contribution is 5.86. The second kappa shape index (κ2) is 8.42. The number of nitrogens with zero attached hydrogens (tertiary/aromatic N) is 4. The zero-order chi connectivity index (χ0) is 24.3. The summed E-state index contributed by atoms with van der Waals surface area (Å²) in [6.45, 7) is 4.61. The minimum Gasteiger partial charge on any atom is -0.390 e. The smallest absolute Gasteiger partial charge is 0.390 e. The molecule has 2 N–H and O–H groups in total. The summed E-state index contributed by atoms with van der Waals surface area (Å²) in [5.74, 6) is 1.39. The number of nitriles is 1. The first kappa shape index (κ1) is 23.4. The molecule has 1 aromatic carbocycles. The lowest BCUT2D eigenvalue weighted by Crippen LogP contribution is -2.63. The summed E-state index contributed by atoms with van der Waals surface area (Å²) in [4.78, 5) is 5.87. The van der Waals surface area contributed by atoms with E-state index in [1.54, 1.807) is 4.90 Å². The molecule has 3 atom stereocenters. The molecule has 4 saturated carbocycles. The zero-order valence-corrected chi connectivity index (χ0v) is 19.4. The van der Waals surface area contributed by atoms with Gasteiger partial charge in [0.05, 0.1) is 23.2 Å². The van der Waals surface area contributed by atoms with Crippen LogP contribution >= 0.6 is 0 Å². The lowest BCUT2D eigenvalue weighted by Gasteiger charge is -2.59. The Balaban J connectivity index is 1.21. The molecule has 0 aromatic heterocycles. The number of hydrogen-bond donors (Lipinski definition) is 2. The van der Waals surface area contributed by atoms with Gasteiger partial charge in [-0.05, 0) is 81.0 Å². The van der Waals surface area contributed by atoms with Crippen LogP contribution in [0.4, 0.5) is 18.9 Å². The third-order valence-corrected chi connectivity index (χ3v) is 8.67. The molecule has 34 heavy (non-hydrogen) atoms. The molecule has 4 aliphatic carbocycles. The van der Waals surface area contributed by atoms with Gasteiger partial charge in [-0.1, -0.05) is 0 Å². The van der Waals surface area contributed by atoms with Crippen LogP contribution in [-0.2, 0) is 6.18 Å². The van der Waals surface area contributed by atoms with Crippen LogP contribution < -0.4 is 4.90 Å². The van der Waals surface area contributed by atoms with Crippen LogP contribution in [0.15, 0.2) is 24.3 Å². The van der Waals surface area contributed by atoms with Crippen LogP contribution in [0, 0.1) is 34.6 Å². The van der Waals surface area contributed by atoms with Crippen LogP contribution in [-0.4, -0.2) is 64.6 Å². The Morgan fingerprint density at radius 1 is 1.12 bits per heavy atom. The van der Waals surface area contributed by atoms with E-state index in [4.69, 9.17) is 5.41 Å². The number of nitrogens with one attached hydrogen (secondary N) is 1. The van der Waals surface area contributed by atoms with Crippen LogP contribution in [0.3, 0.4) is 0 Å². The molecule has 184 valence electrons. The van der Waals surface area contributed by atoms with Gasteiger partial charge < -0.3 is 10.0 Å². The van der Waals surface area contributed by atoms with Crippen molar-refractivity contribution in [3.05, 3.63) is 29.8 Å². The number of amidine groups is 1. The van der Waals surface area contributed by atoms with Crippen molar-refractivity contribution in [2.45, 2.75) is 62.9 Å². The maximum Gasteiger partial charge on any atom is 0.416 e. The van der Waals surface area contributed by atoms with Crippen molar-refractivity contribution in [1.29, 1.82) is 10.7 Å². The van der Waals surface area contributed by atoms with Crippen molar-refractivity contribution < 1.29 is 18.3 Å². The molecule has 1 aromatic rings. The van der Waals surface area contributed by atoms with E-state index in [1.807, 2.05) is 6.92 Å². The van der Waals surface area contributed by atoms with E-state index in [0.717, 1.165) is 49.9 Å². The van der Waals surface area contributed by atoms with Crippen molar-refractivity contribution >= 4 is 11.5 Å². The zero-order valence-electron chi connectivity index (χ0n) is 19.4. The largest absolute Gasteiger partial charge is 0.416 e. The number of hydrogen-bond acceptors (Lipinski definition) is 5. The molecule has 0 radical (unpaired) electrons. The molecule has 4 bridgehead atoms. The predicted molar refractivity (Wildman–Crippen MR) is 122 cm³/mol. The highest BCUT2D eigenvalue weighted by atomic mass is 19.4. The summed E-state index contributed by atoms with van der Waals surface area (Å²) in [5.41, 5.74) is -0.456. The topological polar surface area (TPSA) is 77.6 Å². The van der Waals surface area contributed by atoms with E-state index in [1.165, 1.54) is 12.1 Å². The Labute approximate surface area is 198 Å². The Morgan fingerprint density at radius 2 is 1.71 bits per heavy atom. The third kappa shape index (κ3) is 4.16. The Morgan fingerprint density at radius 3 is 2.21 bits per heavy atom. The highest BCUT2D eigenvalue weighted by Gasteiger charge is 2.57. The van der Waals surface area contributed by atoms with Gasteiger partial charge in [0.25, 0.3) is 0 Å². The van der Waals surface area contributed by atoms with Crippen molar-refractivity contribution in [3.63, 3.8) is 0 Å². The average Bonchev–Trinajstić information content (AvgIpc) is 2.79. The molecule has 5 fully saturated rings. The Bertz CT molecular complexity index is 950. The number of halogens is 3. The van der Waals surface area contributed by atoms with Gasteiger partial charge in [0.15, 0.2) is 6.19 Å². The van der Waals surface area contributed by atoms with Gasteiger partial charge in [0.1, 0.15) is 5.84 Å². The minimum atomic E-state index is -4.34. The fraction of sp³-hybridized carbons (Fsp3) is 0.680. The van der Waals surface area contributed by atoms with Crippen molar-refractivity contribution in [1.82, 2.24) is 9.80 Å². The molecule has 0 spiro atoms. The molecule has 1 aliphatic heterocycles. The third-order valence-electron chi connectivity index (χ3n) is 8.67. The number of alkyl halides is 3. The summed E-state index contributed by atoms with van der Waals surface area (Å²) in [6, 6.07) is 5.04. The lowest BCUT2D eigenvalue weighted by molar-refractivity contribution is -0.147. The standard InChI is InChI=1S/C25H32F3N5O/c1-16(31-6-8-32(9-7-31)21-4-2-20(3-5-21)25(26,27)28)23(30)33(15-29)22-18-10-17-11-19(22)14-24(34,12-17)13-18/h2-5,16-19,22,30,34H,6-14H2,1H3. The maximum atomic E-state index is 12.8. The molecule has 3 unspecified atom stereocenters. The fourth-order valence-corrected chi connectivity index (χ4v) is 7.26. The monoisotopic (exact) mass is 475 g/mol. The summed E-state index contributed by atoms with van der Waals surface area (Å²) in [7, 11) is 0. The molecule has 6 rings (SSSR count). The summed E-state index contributed by atoms with van der Waals surface area (Å²) in [5, 5.41) is 29.8.